The van der Waals surface area contributed by atoms with Gasteiger partial charge in [0.15, 0.2) is 0 Å². The van der Waals surface area contributed by atoms with E-state index in [9.17, 15) is 9.59 Å². The Morgan fingerprint density at radius 3 is 2.90 bits per heavy atom. The minimum absolute atomic E-state index is 0.0433. The lowest BCUT2D eigenvalue weighted by molar-refractivity contribution is -0.126. The first kappa shape index (κ1) is 20.8. The predicted molar refractivity (Wildman–Crippen MR) is 114 cm³/mol. The predicted octanol–water partition coefficient (Wildman–Crippen LogP) is 2.77. The molecule has 1 aromatic heterocycles. The number of carbonyl (C=O) groups excluding carboxylic acids is 2. The van der Waals surface area contributed by atoms with Crippen LogP contribution in [0.1, 0.15) is 48.2 Å². The number of hydrogen-bond acceptors (Lipinski definition) is 5. The molecule has 160 valence electrons. The van der Waals surface area contributed by atoms with Crippen molar-refractivity contribution in [2.75, 3.05) is 19.7 Å². The number of fused-ring (bicyclic) bond motifs is 6. The van der Waals surface area contributed by atoms with Crippen LogP contribution in [0.5, 0.6) is 5.75 Å². The zero-order chi connectivity index (χ0) is 20.9. The molecule has 2 aliphatic heterocycles. The van der Waals surface area contributed by atoms with Crippen LogP contribution >= 0.6 is 15.9 Å². The van der Waals surface area contributed by atoms with Gasteiger partial charge in [0, 0.05) is 29.7 Å². The summed E-state index contributed by atoms with van der Waals surface area (Å²) in [7, 11) is 0. The largest absolute Gasteiger partial charge is 0.494 e. The average molecular weight is 476 g/mol. The van der Waals surface area contributed by atoms with Crippen LogP contribution < -0.4 is 10.1 Å². The van der Waals surface area contributed by atoms with Crippen molar-refractivity contribution >= 4 is 27.7 Å². The number of piperidine rings is 1. The van der Waals surface area contributed by atoms with Gasteiger partial charge in [-0.15, -0.1) is 5.10 Å². The first-order valence-corrected chi connectivity index (χ1v) is 11.3. The van der Waals surface area contributed by atoms with Crippen LogP contribution in [0.2, 0.25) is 0 Å². The molecule has 2 amide bonds. The second-order valence-electron chi connectivity index (χ2n) is 7.87. The van der Waals surface area contributed by atoms with Crippen molar-refractivity contribution in [2.45, 2.75) is 45.2 Å². The van der Waals surface area contributed by atoms with Gasteiger partial charge in [0.2, 0.25) is 5.91 Å². The average Bonchev–Trinajstić information content (AvgIpc) is 3.21. The van der Waals surface area contributed by atoms with E-state index in [1.165, 1.54) is 0 Å². The van der Waals surface area contributed by atoms with Gasteiger partial charge in [-0.2, -0.15) is 0 Å². The van der Waals surface area contributed by atoms with Gasteiger partial charge in [-0.05, 0) is 50.3 Å². The maximum atomic E-state index is 13.1. The number of ether oxygens (including phenoxy) is 1. The van der Waals surface area contributed by atoms with Crippen LogP contribution in [0.3, 0.4) is 0 Å². The van der Waals surface area contributed by atoms with E-state index < -0.39 is 0 Å². The van der Waals surface area contributed by atoms with E-state index in [1.807, 2.05) is 23.0 Å². The summed E-state index contributed by atoms with van der Waals surface area (Å²) in [6.45, 7) is 2.80. The van der Waals surface area contributed by atoms with Crippen LogP contribution in [0, 0.1) is 5.92 Å². The van der Waals surface area contributed by atoms with Crippen LogP contribution in [0.25, 0.3) is 0 Å². The Hall–Kier alpha value is -2.42. The fourth-order valence-corrected chi connectivity index (χ4v) is 4.39. The Labute approximate surface area is 184 Å². The highest BCUT2D eigenvalue weighted by Crippen LogP contribution is 2.25. The van der Waals surface area contributed by atoms with Crippen molar-refractivity contribution in [2.24, 2.45) is 5.92 Å². The summed E-state index contributed by atoms with van der Waals surface area (Å²) >= 11 is 3.48. The summed E-state index contributed by atoms with van der Waals surface area (Å²) < 4.78 is 8.52. The molecule has 0 aliphatic carbocycles. The van der Waals surface area contributed by atoms with Crippen molar-refractivity contribution < 1.29 is 14.3 Å². The first-order chi connectivity index (χ1) is 14.6. The van der Waals surface area contributed by atoms with Crippen molar-refractivity contribution in [1.29, 1.82) is 0 Å². The summed E-state index contributed by atoms with van der Waals surface area (Å²) in [5.41, 5.74) is 1.32. The van der Waals surface area contributed by atoms with E-state index in [1.54, 1.807) is 11.0 Å². The van der Waals surface area contributed by atoms with E-state index >= 15 is 0 Å². The molecule has 0 radical (unpaired) electrons. The Morgan fingerprint density at radius 1 is 1.10 bits per heavy atom. The molecule has 2 aromatic rings. The van der Waals surface area contributed by atoms with E-state index in [2.05, 4.69) is 31.6 Å². The fourth-order valence-electron chi connectivity index (χ4n) is 3.92. The molecule has 1 aromatic carbocycles. The number of hydrogen-bond donors (Lipinski definition) is 1. The molecule has 3 heterocycles. The molecule has 2 aliphatic rings. The molecule has 8 nitrogen and oxygen atoms in total. The number of aromatic nitrogens is 3. The Morgan fingerprint density at radius 2 is 2.00 bits per heavy atom. The summed E-state index contributed by atoms with van der Waals surface area (Å²) in [4.78, 5) is 27.6. The SMILES string of the molecule is O=C1NCc2cn(nn2)CCCCCOc2cc(Br)cc(c2)C(=O)N2CCC[C@H]1C2. The Balaban J connectivity index is 1.53. The standard InChI is InChI=1S/C21H26BrN5O3/c22-17-9-16-10-19(11-17)30-8-3-1-2-7-27-14-18(24-25-27)12-23-20(28)15-5-4-6-26(13-15)21(16)29/h9-11,14-15H,1-8,12-13H2,(H,23,28)/t15-/m0/s1. The molecule has 9 heteroatoms. The maximum Gasteiger partial charge on any atom is 0.254 e. The molecule has 1 atom stereocenters. The molecule has 1 saturated heterocycles. The molecule has 4 rings (SSSR count). The van der Waals surface area contributed by atoms with E-state index in [0.717, 1.165) is 48.8 Å². The Bertz CT molecular complexity index is 916. The highest BCUT2D eigenvalue weighted by Gasteiger charge is 2.29. The molecule has 1 N–H and O–H groups in total. The number of carbonyl (C=O) groups is 2. The zero-order valence-corrected chi connectivity index (χ0v) is 18.4. The van der Waals surface area contributed by atoms with E-state index in [0.29, 0.717) is 37.6 Å². The van der Waals surface area contributed by atoms with Crippen molar-refractivity contribution in [3.63, 3.8) is 0 Å². The number of halogens is 1. The highest BCUT2D eigenvalue weighted by molar-refractivity contribution is 9.10. The summed E-state index contributed by atoms with van der Waals surface area (Å²) in [6.07, 6.45) is 6.34. The number of aryl methyl sites for hydroxylation is 1. The fraction of sp³-hybridized carbons (Fsp3) is 0.524. The summed E-state index contributed by atoms with van der Waals surface area (Å²) in [6, 6.07) is 5.48. The van der Waals surface area contributed by atoms with Gasteiger partial charge in [0.1, 0.15) is 11.4 Å². The topological polar surface area (TPSA) is 89.4 Å². The van der Waals surface area contributed by atoms with Crippen LogP contribution in [0.15, 0.2) is 28.9 Å². The third kappa shape index (κ3) is 5.19. The number of amides is 2. The lowest BCUT2D eigenvalue weighted by atomic mass is 9.96. The molecule has 0 saturated carbocycles. The van der Waals surface area contributed by atoms with Gasteiger partial charge in [-0.3, -0.25) is 14.3 Å². The molecule has 0 unspecified atom stereocenters. The van der Waals surface area contributed by atoms with Gasteiger partial charge in [0.05, 0.1) is 25.3 Å². The van der Waals surface area contributed by atoms with Gasteiger partial charge < -0.3 is 15.0 Å². The second kappa shape index (κ2) is 9.59. The van der Waals surface area contributed by atoms with Crippen molar-refractivity contribution in [1.82, 2.24) is 25.2 Å². The third-order valence-electron chi connectivity index (χ3n) is 5.53. The lowest BCUT2D eigenvalue weighted by Crippen LogP contribution is -2.45. The second-order valence-corrected chi connectivity index (χ2v) is 8.78. The van der Waals surface area contributed by atoms with Gasteiger partial charge in [0.25, 0.3) is 5.91 Å². The summed E-state index contributed by atoms with van der Waals surface area (Å²) in [5, 5.41) is 11.2. The first-order valence-electron chi connectivity index (χ1n) is 10.5. The number of rotatable bonds is 0. The van der Waals surface area contributed by atoms with E-state index in [4.69, 9.17) is 4.74 Å². The molecular formula is C21H26BrN5O3. The number of nitrogens with zero attached hydrogens (tertiary/aromatic N) is 4. The maximum absolute atomic E-state index is 13.1. The Kier molecular flexibility index (Phi) is 6.66. The molecule has 1 fully saturated rings. The van der Waals surface area contributed by atoms with Crippen LogP contribution in [0.4, 0.5) is 0 Å². The van der Waals surface area contributed by atoms with Crippen molar-refractivity contribution in [3.8, 4) is 5.75 Å². The summed E-state index contributed by atoms with van der Waals surface area (Å²) in [5.74, 6) is 0.346. The van der Waals surface area contributed by atoms with E-state index in [-0.39, 0.29) is 17.7 Å². The normalized spacial score (nSPS) is 21.1. The molecular weight excluding hydrogens is 450 g/mol. The smallest absolute Gasteiger partial charge is 0.254 e. The van der Waals surface area contributed by atoms with Crippen molar-refractivity contribution in [3.05, 3.63) is 40.1 Å². The quantitative estimate of drug-likeness (QED) is 0.632. The highest BCUT2D eigenvalue weighted by atomic mass is 79.9. The van der Waals surface area contributed by atoms with Gasteiger partial charge in [-0.1, -0.05) is 21.1 Å². The lowest BCUT2D eigenvalue weighted by Gasteiger charge is -2.32. The molecule has 30 heavy (non-hydrogen) atoms. The zero-order valence-electron chi connectivity index (χ0n) is 16.8. The van der Waals surface area contributed by atoms with Gasteiger partial charge in [-0.25, -0.2) is 0 Å². The molecule has 6 bridgehead atoms. The monoisotopic (exact) mass is 475 g/mol. The minimum Gasteiger partial charge on any atom is -0.494 e. The number of nitrogens with one attached hydrogen (secondary N) is 1. The van der Waals surface area contributed by atoms with Crippen LogP contribution in [-0.2, 0) is 17.9 Å². The van der Waals surface area contributed by atoms with Gasteiger partial charge >= 0.3 is 0 Å². The molecule has 0 spiro atoms. The van der Waals surface area contributed by atoms with Crippen LogP contribution in [-0.4, -0.2) is 51.4 Å². The third-order valence-corrected chi connectivity index (χ3v) is 5.99. The minimum atomic E-state index is -0.220. The number of benzene rings is 1.